The average molecular weight is 377 g/mol. The van der Waals surface area contributed by atoms with Crippen LogP contribution in [0.2, 0.25) is 0 Å². The molecule has 2 rings (SSSR count). The average Bonchev–Trinajstić information content (AvgIpc) is 2.83. The van der Waals surface area contributed by atoms with Crippen molar-refractivity contribution in [3.8, 4) is 11.8 Å². The Morgan fingerprint density at radius 1 is 1.31 bits per heavy atom. The molecular formula is C22H31NO3. The monoisotopic (exact) mass is 376 g/mol. The second kappa shape index (κ2) is 10.4. The fraction of sp³-hybridized carbons (Fsp3) is 0.591. The van der Waals surface area contributed by atoms with Crippen LogP contribution < -0.4 is 0 Å². The first-order valence-corrected chi connectivity index (χ1v) is 7.42. The highest BCUT2D eigenvalue weighted by molar-refractivity contribution is 5.81. The normalized spacial score (nSPS) is 41.2. The summed E-state index contributed by atoms with van der Waals surface area (Å²) in [5.74, 6) is -3.72. The van der Waals surface area contributed by atoms with Crippen molar-refractivity contribution in [2.24, 2.45) is 5.89 Å². The molecule has 1 aromatic carbocycles. The van der Waals surface area contributed by atoms with Gasteiger partial charge in [0.05, 0.1) is 12.0 Å². The number of benzene rings is 1. The fourth-order valence-corrected chi connectivity index (χ4v) is 1.95. The Labute approximate surface area is 184 Å². The maximum atomic E-state index is 13.7. The predicted octanol–water partition coefficient (Wildman–Crippen LogP) is 3.34. The SMILES string of the molecule is [2H]C([2H])(C#CC([2H])([2H])N(C([2H])([2H])C)C([2H])([2H])C)OC(=O)C(O)(c1ccccc1)C1([2H])C([2H])([2H])C([2H])([2H])C([2H])([2H])C([2H])([2H])C1([2H])[2H]. The molecule has 0 spiro atoms. The second-order valence-corrected chi connectivity index (χ2v) is 4.71. The first-order chi connectivity index (χ1) is 19.6. The van der Waals surface area contributed by atoms with Crippen LogP contribution in [-0.4, -0.2) is 42.0 Å². The molecule has 0 bridgehead atoms. The highest BCUT2D eigenvalue weighted by Crippen LogP contribution is 2.40. The van der Waals surface area contributed by atoms with Crippen LogP contribution in [0.4, 0.5) is 0 Å². The summed E-state index contributed by atoms with van der Waals surface area (Å²) in [7, 11) is 0. The number of esters is 1. The highest BCUT2D eigenvalue weighted by Gasteiger charge is 2.46. The van der Waals surface area contributed by atoms with Crippen LogP contribution in [0.3, 0.4) is 0 Å². The van der Waals surface area contributed by atoms with Crippen LogP contribution in [0.1, 0.15) is 77.3 Å². The van der Waals surface area contributed by atoms with Gasteiger partial charge in [-0.25, -0.2) is 4.79 Å². The lowest BCUT2D eigenvalue weighted by Crippen LogP contribution is -2.45. The highest BCUT2D eigenvalue weighted by atomic mass is 16.5. The lowest BCUT2D eigenvalue weighted by molar-refractivity contribution is -0.174. The Morgan fingerprint density at radius 3 is 2.58 bits per heavy atom. The Hall–Kier alpha value is -1.83. The van der Waals surface area contributed by atoms with Gasteiger partial charge in [0, 0.05) is 26.5 Å². The minimum atomic E-state index is -4.39. The van der Waals surface area contributed by atoms with E-state index in [1.165, 1.54) is 12.0 Å². The minimum absolute atomic E-state index is 0.0137. The van der Waals surface area contributed by atoms with Crippen LogP contribution in [0, 0.1) is 17.7 Å². The summed E-state index contributed by atoms with van der Waals surface area (Å²) in [6.07, 6.45) is -20.9. The second-order valence-electron chi connectivity index (χ2n) is 4.71. The number of carbonyl (C=O) groups excluding carboxylic acids is 1. The lowest BCUT2D eigenvalue weighted by atomic mass is 9.73. The maximum absolute atomic E-state index is 13.7. The predicted molar refractivity (Wildman–Crippen MR) is 103 cm³/mol. The molecule has 0 saturated heterocycles. The molecule has 0 aromatic heterocycles. The van der Waals surface area contributed by atoms with E-state index in [0.29, 0.717) is 0 Å². The van der Waals surface area contributed by atoms with Crippen molar-refractivity contribution in [3.63, 3.8) is 0 Å². The number of carbonyl (C=O) groups is 1. The van der Waals surface area contributed by atoms with E-state index in [1.54, 1.807) is 5.92 Å². The van der Waals surface area contributed by atoms with E-state index in [2.05, 4.69) is 4.74 Å². The van der Waals surface area contributed by atoms with Crippen LogP contribution in [-0.2, 0) is 15.1 Å². The van der Waals surface area contributed by atoms with E-state index >= 15 is 0 Å². The zero-order valence-electron chi connectivity index (χ0n) is 33.1. The molecular weight excluding hydrogens is 326 g/mol. The van der Waals surface area contributed by atoms with E-state index < -0.39 is 80.9 Å². The Balaban J connectivity index is 2.87. The lowest BCUT2D eigenvalue weighted by Gasteiger charge is -2.36. The molecule has 1 aromatic rings. The zero-order valence-corrected chi connectivity index (χ0v) is 14.1. The molecule has 0 heterocycles. The molecule has 1 aliphatic carbocycles. The van der Waals surface area contributed by atoms with Crippen molar-refractivity contribution in [2.75, 3.05) is 26.0 Å². The molecule has 1 saturated carbocycles. The van der Waals surface area contributed by atoms with E-state index in [0.717, 1.165) is 38.1 Å². The van der Waals surface area contributed by atoms with Gasteiger partial charge in [0.15, 0.2) is 12.2 Å². The molecule has 26 heavy (non-hydrogen) atoms. The molecule has 1 N–H and O–H groups in total. The Morgan fingerprint density at radius 2 is 1.96 bits per heavy atom. The third-order valence-electron chi connectivity index (χ3n) is 3.22. The van der Waals surface area contributed by atoms with Gasteiger partial charge in [0.25, 0.3) is 0 Å². The van der Waals surface area contributed by atoms with Crippen LogP contribution in [0.25, 0.3) is 0 Å². The van der Waals surface area contributed by atoms with Crippen molar-refractivity contribution in [3.05, 3.63) is 35.9 Å². The first kappa shape index (κ1) is 6.65. The quantitative estimate of drug-likeness (QED) is 0.586. The summed E-state index contributed by atoms with van der Waals surface area (Å²) in [5, 5.41) is 11.9. The number of nitrogens with zero attached hydrogens (tertiary/aromatic N) is 1. The van der Waals surface area contributed by atoms with Crippen molar-refractivity contribution in [2.45, 2.75) is 51.3 Å². The maximum Gasteiger partial charge on any atom is 0.344 e. The number of rotatable bonds is 7. The van der Waals surface area contributed by atoms with Gasteiger partial charge in [-0.15, -0.1) is 0 Å². The summed E-state index contributed by atoms with van der Waals surface area (Å²) in [5.41, 5.74) is -5.09. The smallest absolute Gasteiger partial charge is 0.344 e. The van der Waals surface area contributed by atoms with Crippen LogP contribution in [0.5, 0.6) is 0 Å². The molecule has 1 atom stereocenters. The minimum Gasteiger partial charge on any atom is -0.450 e. The summed E-state index contributed by atoms with van der Waals surface area (Å²) < 4.78 is 160. The molecule has 0 aliphatic heterocycles. The van der Waals surface area contributed by atoms with Gasteiger partial charge in [0.1, 0.15) is 0 Å². The summed E-state index contributed by atoms with van der Waals surface area (Å²) in [6, 6.07) is 5.07. The molecule has 1 unspecified atom stereocenters. The van der Waals surface area contributed by atoms with E-state index in [-0.39, 0.29) is 4.90 Å². The van der Waals surface area contributed by atoms with Gasteiger partial charge in [-0.2, -0.15) is 0 Å². The van der Waals surface area contributed by atoms with Crippen molar-refractivity contribution < 1.29 is 40.7 Å². The van der Waals surface area contributed by atoms with E-state index in [9.17, 15) is 9.90 Å². The first-order valence-electron chi connectivity index (χ1n) is 16.9. The summed E-state index contributed by atoms with van der Waals surface area (Å²) in [6.45, 7) is -10.9. The van der Waals surface area contributed by atoms with Gasteiger partial charge in [-0.1, -0.05) is 75.1 Å². The molecule has 142 valence electrons. The third-order valence-corrected chi connectivity index (χ3v) is 3.22. The zero-order chi connectivity index (χ0) is 35.9. The van der Waals surface area contributed by atoms with Gasteiger partial charge >= 0.3 is 5.97 Å². The number of ether oxygens (including phenoxy) is 1. The number of hydrogen-bond acceptors (Lipinski definition) is 4. The topological polar surface area (TPSA) is 49.8 Å². The molecule has 4 nitrogen and oxygen atoms in total. The number of hydrogen-bond donors (Lipinski definition) is 1. The van der Waals surface area contributed by atoms with Crippen molar-refractivity contribution in [1.29, 1.82) is 0 Å². The van der Waals surface area contributed by atoms with Gasteiger partial charge in [-0.3, -0.25) is 4.90 Å². The fourth-order valence-electron chi connectivity index (χ4n) is 1.95. The molecule has 1 aliphatic rings. The van der Waals surface area contributed by atoms with Gasteiger partial charge in [-0.05, 0) is 31.3 Å². The van der Waals surface area contributed by atoms with Gasteiger partial charge < -0.3 is 9.84 Å². The molecule has 0 amide bonds. The van der Waals surface area contributed by atoms with E-state index in [1.807, 2.05) is 0 Å². The number of aliphatic hydroxyl groups is 1. The summed E-state index contributed by atoms with van der Waals surface area (Å²) in [4.78, 5) is 13.7. The third kappa shape index (κ3) is 5.09. The van der Waals surface area contributed by atoms with Crippen LogP contribution in [0.15, 0.2) is 30.3 Å². The van der Waals surface area contributed by atoms with Crippen molar-refractivity contribution >= 4 is 5.97 Å². The Kier molecular flexibility index (Phi) is 2.65. The standard InChI is InChI=1S/C22H31NO3/c1-3-23(4-2)17-11-12-18-26-21(24)22(25,19-13-7-5-8-14-19)20-15-9-6-10-16-20/h5,7-8,13-14,20,25H,3-4,6,9-10,15-18H2,1-2H3/i3D2,4D2,6D2,9D2,10D2,15D2,16D2,17D2,18D2,20D. The molecule has 1 fully saturated rings. The summed E-state index contributed by atoms with van der Waals surface area (Å²) >= 11 is 0. The largest absolute Gasteiger partial charge is 0.450 e. The van der Waals surface area contributed by atoms with E-state index in [4.69, 9.17) is 26.0 Å². The van der Waals surface area contributed by atoms with Crippen molar-refractivity contribution in [1.82, 2.24) is 4.90 Å². The Bertz CT molecular complexity index is 1310. The molecule has 0 radical (unpaired) electrons. The molecule has 4 heteroatoms. The van der Waals surface area contributed by atoms with Crippen LogP contribution >= 0.6 is 0 Å². The van der Waals surface area contributed by atoms with Gasteiger partial charge in [0.2, 0.25) is 0 Å².